The Morgan fingerprint density at radius 1 is 0.878 bits per heavy atom. The topological polar surface area (TPSA) is 94.2 Å². The monoisotopic (exact) mass is 538 g/mol. The van der Waals surface area contributed by atoms with Gasteiger partial charge in [-0.1, -0.05) is 42.2 Å². The molecule has 8 nitrogen and oxygen atoms in total. The number of amides is 1. The smallest absolute Gasteiger partial charge is 0.264 e. The molecule has 2 aromatic carbocycles. The number of para-hydroxylation sites is 1. The van der Waals surface area contributed by atoms with Crippen LogP contribution < -0.4 is 10.9 Å². The van der Waals surface area contributed by atoms with Gasteiger partial charge in [0.05, 0.1) is 22.8 Å². The molecule has 1 amide bonds. The maximum Gasteiger partial charge on any atom is 0.264 e. The minimum atomic E-state index is -0.523. The Balaban J connectivity index is 1.48. The highest BCUT2D eigenvalue weighted by Crippen LogP contribution is 2.24. The number of rotatable bonds is 4. The largest absolute Gasteiger partial charge is 0.344 e. The second-order valence-corrected chi connectivity index (χ2v) is 9.74. The number of carbonyl (C=O) groups is 1. The fraction of sp³-hybridized carbons (Fsp3) is 0.121. The molecule has 0 bridgehead atoms. The first-order valence-electron chi connectivity index (χ1n) is 13.2. The van der Waals surface area contributed by atoms with Gasteiger partial charge in [-0.2, -0.15) is 5.10 Å². The minimum Gasteiger partial charge on any atom is -0.344 e. The van der Waals surface area contributed by atoms with Crippen LogP contribution in [0.15, 0.2) is 96.2 Å². The van der Waals surface area contributed by atoms with Crippen LogP contribution in [0.3, 0.4) is 0 Å². The Morgan fingerprint density at radius 3 is 2.44 bits per heavy atom. The lowest BCUT2D eigenvalue weighted by Crippen LogP contribution is -2.32. The molecule has 0 radical (unpaired) electrons. The van der Waals surface area contributed by atoms with Gasteiger partial charge in [-0.3, -0.25) is 19.1 Å². The molecule has 1 atom stereocenters. The molecule has 4 aromatic heterocycles. The molecule has 0 saturated carbocycles. The average molecular weight is 539 g/mol. The molecule has 0 aliphatic heterocycles. The van der Waals surface area contributed by atoms with E-state index >= 15 is 0 Å². The van der Waals surface area contributed by atoms with Crippen molar-refractivity contribution in [3.63, 3.8) is 0 Å². The highest BCUT2D eigenvalue weighted by molar-refractivity contribution is 6.01. The number of nitrogens with zero attached hydrogens (tertiary/aromatic N) is 5. The average Bonchev–Trinajstić information content (AvgIpc) is 3.32. The predicted octanol–water partition coefficient (Wildman–Crippen LogP) is 4.94. The highest BCUT2D eigenvalue weighted by Gasteiger charge is 2.23. The molecule has 8 heteroatoms. The van der Waals surface area contributed by atoms with Crippen molar-refractivity contribution in [3.05, 3.63) is 136 Å². The summed E-state index contributed by atoms with van der Waals surface area (Å²) in [7, 11) is 0. The first-order chi connectivity index (χ1) is 19.9. The van der Waals surface area contributed by atoms with Gasteiger partial charge in [0.1, 0.15) is 5.56 Å². The molecule has 0 fully saturated rings. The number of aryl methyl sites for hydroxylation is 2. The van der Waals surface area contributed by atoms with E-state index in [2.05, 4.69) is 32.2 Å². The van der Waals surface area contributed by atoms with Gasteiger partial charge in [-0.15, -0.1) is 0 Å². The Kier molecular flexibility index (Phi) is 6.62. The molecule has 41 heavy (non-hydrogen) atoms. The lowest BCUT2D eigenvalue weighted by atomic mass is 10.0. The molecule has 4 heterocycles. The van der Waals surface area contributed by atoms with Gasteiger partial charge in [-0.05, 0) is 68.6 Å². The van der Waals surface area contributed by atoms with Crippen LogP contribution in [0, 0.1) is 25.7 Å². The molecule has 1 N–H and O–H groups in total. The van der Waals surface area contributed by atoms with Gasteiger partial charge in [0, 0.05) is 41.1 Å². The summed E-state index contributed by atoms with van der Waals surface area (Å²) in [6.45, 7) is 5.54. The summed E-state index contributed by atoms with van der Waals surface area (Å²) in [6.07, 6.45) is 5.11. The van der Waals surface area contributed by atoms with Crippen molar-refractivity contribution in [3.8, 4) is 17.5 Å². The molecule has 0 aliphatic rings. The lowest BCUT2D eigenvalue weighted by molar-refractivity contribution is 0.0939. The lowest BCUT2D eigenvalue weighted by Gasteiger charge is -2.21. The summed E-state index contributed by atoms with van der Waals surface area (Å²) in [4.78, 5) is 36.4. The fourth-order valence-electron chi connectivity index (χ4n) is 5.00. The Hall–Kier alpha value is -5.55. The maximum atomic E-state index is 14.2. The SMILES string of the molecule is Cc1ncccc1C#Cc1cccc2cc([C@H](C)NC(=O)c3c(C)nn4cccnc34)n(-c3ccccc3)c(=O)c12. The second kappa shape index (κ2) is 10.5. The maximum absolute atomic E-state index is 14.2. The third-order valence-corrected chi connectivity index (χ3v) is 7.02. The molecule has 0 spiro atoms. The van der Waals surface area contributed by atoms with Gasteiger partial charge in [-0.25, -0.2) is 9.50 Å². The zero-order valence-electron chi connectivity index (χ0n) is 22.8. The van der Waals surface area contributed by atoms with Crippen LogP contribution in [0.4, 0.5) is 0 Å². The summed E-state index contributed by atoms with van der Waals surface area (Å²) in [5.74, 6) is 6.06. The van der Waals surface area contributed by atoms with Crippen LogP contribution in [0.5, 0.6) is 0 Å². The Bertz CT molecular complexity index is 2070. The molecule has 0 saturated heterocycles. The Morgan fingerprint density at radius 2 is 1.63 bits per heavy atom. The van der Waals surface area contributed by atoms with E-state index in [1.54, 1.807) is 40.7 Å². The standard InChI is InChI=1S/C33H26N6O2/c1-21-24(12-8-17-34-21)15-16-25-10-7-11-26-20-28(39(33(41)30(25)26)27-13-5-4-6-14-27)22(2)36-32(40)29-23(3)37-38-19-9-18-35-31(29)38/h4-14,17-20,22H,1-3H3,(H,36,40)/t22-/m0/s1. The van der Waals surface area contributed by atoms with Crippen molar-refractivity contribution in [2.45, 2.75) is 26.8 Å². The number of nitrogens with one attached hydrogen (secondary N) is 1. The zero-order chi connectivity index (χ0) is 28.5. The van der Waals surface area contributed by atoms with Crippen LogP contribution in [0.2, 0.25) is 0 Å². The normalized spacial score (nSPS) is 11.7. The number of hydrogen-bond acceptors (Lipinski definition) is 5. The molecule has 200 valence electrons. The number of carbonyl (C=O) groups excluding carboxylic acids is 1. The molecule has 0 unspecified atom stereocenters. The minimum absolute atomic E-state index is 0.216. The van der Waals surface area contributed by atoms with Crippen LogP contribution >= 0.6 is 0 Å². The first kappa shape index (κ1) is 25.7. The molecule has 0 aliphatic carbocycles. The summed E-state index contributed by atoms with van der Waals surface area (Å²) in [6, 6.07) is 22.0. The molecule has 6 aromatic rings. The van der Waals surface area contributed by atoms with Crippen molar-refractivity contribution in [1.29, 1.82) is 0 Å². The number of hydrogen-bond donors (Lipinski definition) is 1. The van der Waals surface area contributed by atoms with Crippen LogP contribution in [0.1, 0.15) is 51.5 Å². The summed E-state index contributed by atoms with van der Waals surface area (Å²) in [5, 5.41) is 8.73. The van der Waals surface area contributed by atoms with Crippen LogP contribution in [-0.4, -0.2) is 30.1 Å². The second-order valence-electron chi connectivity index (χ2n) is 9.74. The van der Waals surface area contributed by atoms with E-state index in [1.165, 1.54) is 0 Å². The summed E-state index contributed by atoms with van der Waals surface area (Å²) < 4.78 is 3.23. The molecule has 6 rings (SSSR count). The van der Waals surface area contributed by atoms with Crippen molar-refractivity contribution in [2.75, 3.05) is 0 Å². The van der Waals surface area contributed by atoms with E-state index in [1.807, 2.05) is 80.6 Å². The van der Waals surface area contributed by atoms with Gasteiger partial charge in [0.25, 0.3) is 11.5 Å². The molecular weight excluding hydrogens is 512 g/mol. The molecular formula is C33H26N6O2. The Labute approximate surface area is 236 Å². The van der Waals surface area contributed by atoms with Crippen molar-refractivity contribution in [2.24, 2.45) is 0 Å². The predicted molar refractivity (Wildman–Crippen MR) is 158 cm³/mol. The quantitative estimate of drug-likeness (QED) is 0.321. The van der Waals surface area contributed by atoms with E-state index in [0.29, 0.717) is 39.2 Å². The van der Waals surface area contributed by atoms with Gasteiger partial charge in [0.15, 0.2) is 5.65 Å². The number of aromatic nitrogens is 5. The third kappa shape index (κ3) is 4.74. The summed E-state index contributed by atoms with van der Waals surface area (Å²) >= 11 is 0. The third-order valence-electron chi connectivity index (χ3n) is 7.02. The van der Waals surface area contributed by atoms with E-state index < -0.39 is 6.04 Å². The first-order valence-corrected chi connectivity index (χ1v) is 13.2. The number of benzene rings is 2. The number of pyridine rings is 2. The van der Waals surface area contributed by atoms with Crippen LogP contribution in [0.25, 0.3) is 22.1 Å². The number of fused-ring (bicyclic) bond motifs is 2. The highest BCUT2D eigenvalue weighted by atomic mass is 16.2. The van der Waals surface area contributed by atoms with Crippen LogP contribution in [-0.2, 0) is 0 Å². The van der Waals surface area contributed by atoms with E-state index in [0.717, 1.165) is 16.6 Å². The van der Waals surface area contributed by atoms with E-state index in [4.69, 9.17) is 0 Å². The van der Waals surface area contributed by atoms with Crippen molar-refractivity contribution >= 4 is 22.3 Å². The van der Waals surface area contributed by atoms with Gasteiger partial charge >= 0.3 is 0 Å². The van der Waals surface area contributed by atoms with Gasteiger partial charge in [0.2, 0.25) is 0 Å². The fourth-order valence-corrected chi connectivity index (χ4v) is 5.00. The van der Waals surface area contributed by atoms with Crippen molar-refractivity contribution in [1.82, 2.24) is 29.5 Å². The van der Waals surface area contributed by atoms with Crippen molar-refractivity contribution < 1.29 is 4.79 Å². The summed E-state index contributed by atoms with van der Waals surface area (Å²) in [5.41, 5.74) is 4.80. The van der Waals surface area contributed by atoms with E-state index in [9.17, 15) is 9.59 Å². The zero-order valence-corrected chi connectivity index (χ0v) is 22.8. The van der Waals surface area contributed by atoms with Gasteiger partial charge < -0.3 is 5.32 Å². The van der Waals surface area contributed by atoms with E-state index in [-0.39, 0.29) is 11.5 Å².